The van der Waals surface area contributed by atoms with Crippen LogP contribution in [0.5, 0.6) is 5.75 Å². The number of carbonyl (C=O) groups excluding carboxylic acids is 1. The number of carboxylic acids is 1. The second-order valence-electron chi connectivity index (χ2n) is 9.81. The molecule has 0 bridgehead atoms. The first-order chi connectivity index (χ1) is 19.4. The number of hydrogen-bond acceptors (Lipinski definition) is 4. The molecule has 0 spiro atoms. The molecule has 5 aromatic rings. The molecule has 4 aromatic carbocycles. The molecule has 3 N–H and O–H groups in total. The number of carbonyl (C=O) groups is 2. The number of imidazole rings is 1. The molecule has 0 saturated carbocycles. The maximum absolute atomic E-state index is 13.3. The number of amides is 1. The summed E-state index contributed by atoms with van der Waals surface area (Å²) < 4.78 is 5.33. The van der Waals surface area contributed by atoms with E-state index < -0.39 is 5.97 Å². The average Bonchev–Trinajstić information content (AvgIpc) is 3.40. The highest BCUT2D eigenvalue weighted by Crippen LogP contribution is 2.35. The Morgan fingerprint density at radius 3 is 2.45 bits per heavy atom. The monoisotopic (exact) mass is 533 g/mol. The van der Waals surface area contributed by atoms with Crippen molar-refractivity contribution in [2.75, 3.05) is 7.11 Å². The fourth-order valence-corrected chi connectivity index (χ4v) is 4.96. The van der Waals surface area contributed by atoms with E-state index in [-0.39, 0.29) is 17.5 Å². The van der Waals surface area contributed by atoms with Crippen LogP contribution in [0.1, 0.15) is 57.7 Å². The highest BCUT2D eigenvalue weighted by Gasteiger charge is 2.21. The number of hydrogen-bond donors (Lipinski definition) is 3. The molecule has 1 atom stereocenters. The molecule has 7 heteroatoms. The SMILES string of the molecule is CCC[C@@H](NC(=O)c1ccc(-c2cc(C)ccc2-c2nc3cc(OC)ccc3[nH]2)c(C(=O)O)c1)c1ccccc1. The quantitative estimate of drug-likeness (QED) is 0.186. The molecular formula is C33H31N3O4. The van der Waals surface area contributed by atoms with Crippen LogP contribution in [-0.2, 0) is 0 Å². The van der Waals surface area contributed by atoms with E-state index in [0.29, 0.717) is 28.3 Å². The molecule has 0 aliphatic rings. The first-order valence-electron chi connectivity index (χ1n) is 13.3. The summed E-state index contributed by atoms with van der Waals surface area (Å²) in [6, 6.07) is 25.9. The standard InChI is InChI=1S/C33H31N3O4/c1-4-8-28(21-9-6-5-7-10-21)36-32(37)22-12-15-24(27(18-22)33(38)39)26-17-20(2)11-14-25(26)31-34-29-16-13-23(40-3)19-30(29)35-31/h5-7,9-19,28H,4,8H2,1-3H3,(H,34,35)(H,36,37)(H,38,39)/t28-/m1/s1. The van der Waals surface area contributed by atoms with Crippen LogP contribution in [0.15, 0.2) is 84.9 Å². The van der Waals surface area contributed by atoms with E-state index in [9.17, 15) is 14.7 Å². The fourth-order valence-electron chi connectivity index (χ4n) is 4.96. The van der Waals surface area contributed by atoms with E-state index in [2.05, 4.69) is 17.2 Å². The summed E-state index contributed by atoms with van der Waals surface area (Å²) in [7, 11) is 1.61. The van der Waals surface area contributed by atoms with E-state index in [1.165, 1.54) is 6.07 Å². The zero-order valence-electron chi connectivity index (χ0n) is 22.7. The number of nitrogens with zero attached hydrogens (tertiary/aromatic N) is 1. The molecular weight excluding hydrogens is 502 g/mol. The number of carboxylic acid groups (broad SMARTS) is 1. The lowest BCUT2D eigenvalue weighted by molar-refractivity contribution is 0.0697. The van der Waals surface area contributed by atoms with Crippen molar-refractivity contribution in [3.05, 3.63) is 107 Å². The van der Waals surface area contributed by atoms with Gasteiger partial charge < -0.3 is 20.1 Å². The second-order valence-corrected chi connectivity index (χ2v) is 9.81. The number of aryl methyl sites for hydroxylation is 1. The largest absolute Gasteiger partial charge is 0.497 e. The lowest BCUT2D eigenvalue weighted by Gasteiger charge is -2.19. The number of methoxy groups -OCH3 is 1. The highest BCUT2D eigenvalue weighted by molar-refractivity contribution is 6.03. The van der Waals surface area contributed by atoms with Crippen molar-refractivity contribution in [1.29, 1.82) is 0 Å². The molecule has 40 heavy (non-hydrogen) atoms. The minimum Gasteiger partial charge on any atom is -0.497 e. The number of nitrogens with one attached hydrogen (secondary N) is 2. The van der Waals surface area contributed by atoms with Gasteiger partial charge in [0.05, 0.1) is 29.7 Å². The van der Waals surface area contributed by atoms with Gasteiger partial charge in [-0.1, -0.05) is 73.5 Å². The molecule has 1 aromatic heterocycles. The number of aromatic carboxylic acids is 1. The molecule has 5 rings (SSSR count). The molecule has 1 heterocycles. The minimum atomic E-state index is -1.11. The van der Waals surface area contributed by atoms with Gasteiger partial charge in [-0.2, -0.15) is 0 Å². The van der Waals surface area contributed by atoms with Crippen LogP contribution in [0.2, 0.25) is 0 Å². The topological polar surface area (TPSA) is 104 Å². The Morgan fingerprint density at radius 2 is 1.73 bits per heavy atom. The van der Waals surface area contributed by atoms with Crippen LogP contribution in [0.3, 0.4) is 0 Å². The molecule has 0 aliphatic heterocycles. The van der Waals surface area contributed by atoms with Gasteiger partial charge in [-0.05, 0) is 54.3 Å². The summed E-state index contributed by atoms with van der Waals surface area (Å²) in [4.78, 5) is 33.9. The summed E-state index contributed by atoms with van der Waals surface area (Å²) in [5, 5.41) is 13.3. The van der Waals surface area contributed by atoms with Crippen molar-refractivity contribution in [2.24, 2.45) is 0 Å². The minimum absolute atomic E-state index is 0.0454. The van der Waals surface area contributed by atoms with Crippen molar-refractivity contribution in [3.63, 3.8) is 0 Å². The van der Waals surface area contributed by atoms with Crippen LogP contribution in [0, 0.1) is 6.92 Å². The average molecular weight is 534 g/mol. The Labute approximate surface area is 232 Å². The number of rotatable bonds is 9. The van der Waals surface area contributed by atoms with Crippen molar-refractivity contribution in [1.82, 2.24) is 15.3 Å². The Balaban J connectivity index is 1.54. The van der Waals surface area contributed by atoms with E-state index in [1.54, 1.807) is 19.2 Å². The van der Waals surface area contributed by atoms with E-state index in [4.69, 9.17) is 9.72 Å². The molecule has 202 valence electrons. The first kappa shape index (κ1) is 26.7. The lowest BCUT2D eigenvalue weighted by atomic mass is 9.92. The molecule has 0 unspecified atom stereocenters. The van der Waals surface area contributed by atoms with Gasteiger partial charge in [-0.25, -0.2) is 9.78 Å². The van der Waals surface area contributed by atoms with Crippen molar-refractivity contribution in [3.8, 4) is 28.3 Å². The van der Waals surface area contributed by atoms with E-state index >= 15 is 0 Å². The van der Waals surface area contributed by atoms with Crippen LogP contribution in [-0.4, -0.2) is 34.1 Å². The highest BCUT2D eigenvalue weighted by atomic mass is 16.5. The summed E-state index contributed by atoms with van der Waals surface area (Å²) in [6.45, 7) is 4.02. The van der Waals surface area contributed by atoms with Gasteiger partial charge in [0.25, 0.3) is 5.91 Å². The smallest absolute Gasteiger partial charge is 0.336 e. The molecule has 7 nitrogen and oxygen atoms in total. The third kappa shape index (κ3) is 5.45. The Hall–Kier alpha value is -4.91. The number of aromatic nitrogens is 2. The van der Waals surface area contributed by atoms with Crippen molar-refractivity contribution < 1.29 is 19.4 Å². The molecule has 0 saturated heterocycles. The zero-order valence-corrected chi connectivity index (χ0v) is 22.7. The van der Waals surface area contributed by atoms with E-state index in [0.717, 1.165) is 40.6 Å². The molecule has 0 fully saturated rings. The lowest BCUT2D eigenvalue weighted by Crippen LogP contribution is -2.28. The van der Waals surface area contributed by atoms with Crippen LogP contribution < -0.4 is 10.1 Å². The van der Waals surface area contributed by atoms with Gasteiger partial charge >= 0.3 is 5.97 Å². The number of ether oxygens (including phenoxy) is 1. The maximum Gasteiger partial charge on any atom is 0.336 e. The zero-order chi connectivity index (χ0) is 28.2. The maximum atomic E-state index is 13.3. The van der Waals surface area contributed by atoms with Gasteiger partial charge in [0.1, 0.15) is 11.6 Å². The van der Waals surface area contributed by atoms with Crippen LogP contribution in [0.25, 0.3) is 33.5 Å². The van der Waals surface area contributed by atoms with Crippen LogP contribution >= 0.6 is 0 Å². The van der Waals surface area contributed by atoms with Gasteiger partial charge in [0, 0.05) is 17.2 Å². The number of aromatic amines is 1. The van der Waals surface area contributed by atoms with Gasteiger partial charge in [0.2, 0.25) is 0 Å². The predicted molar refractivity (Wildman–Crippen MR) is 157 cm³/mol. The summed E-state index contributed by atoms with van der Waals surface area (Å²) >= 11 is 0. The molecule has 0 aliphatic carbocycles. The number of fused-ring (bicyclic) bond motifs is 1. The molecule has 1 amide bonds. The Bertz CT molecular complexity index is 1690. The van der Waals surface area contributed by atoms with Crippen molar-refractivity contribution >= 4 is 22.9 Å². The van der Waals surface area contributed by atoms with E-state index in [1.807, 2.05) is 73.7 Å². The van der Waals surface area contributed by atoms with Gasteiger partial charge in [0.15, 0.2) is 0 Å². The predicted octanol–water partition coefficient (Wildman–Crippen LogP) is 7.18. The summed E-state index contributed by atoms with van der Waals surface area (Å²) in [6.07, 6.45) is 1.67. The Kier molecular flexibility index (Phi) is 7.64. The fraction of sp³-hybridized carbons (Fsp3) is 0.182. The summed E-state index contributed by atoms with van der Waals surface area (Å²) in [5.41, 5.74) is 5.89. The van der Waals surface area contributed by atoms with Crippen LogP contribution in [0.4, 0.5) is 0 Å². The Morgan fingerprint density at radius 1 is 0.950 bits per heavy atom. The van der Waals surface area contributed by atoms with Gasteiger partial charge in [-0.15, -0.1) is 0 Å². The normalized spacial score (nSPS) is 11.8. The summed E-state index contributed by atoms with van der Waals surface area (Å²) in [5.74, 6) is -0.113. The second kappa shape index (κ2) is 11.5. The third-order valence-corrected chi connectivity index (χ3v) is 7.01. The number of benzene rings is 4. The van der Waals surface area contributed by atoms with Gasteiger partial charge in [-0.3, -0.25) is 4.79 Å². The number of H-pyrrole nitrogens is 1. The first-order valence-corrected chi connectivity index (χ1v) is 13.3. The third-order valence-electron chi connectivity index (χ3n) is 7.01. The van der Waals surface area contributed by atoms with Crippen molar-refractivity contribution in [2.45, 2.75) is 32.7 Å². The molecule has 0 radical (unpaired) electrons.